The lowest BCUT2D eigenvalue weighted by Gasteiger charge is -2.26. The van der Waals surface area contributed by atoms with Crippen molar-refractivity contribution in [2.45, 2.75) is 56.3 Å². The number of aryl methyl sites for hydroxylation is 1. The summed E-state index contributed by atoms with van der Waals surface area (Å²) >= 11 is 0. The summed E-state index contributed by atoms with van der Waals surface area (Å²) in [5.41, 5.74) is 3.10. The normalized spacial score (nSPS) is 21.4. The van der Waals surface area contributed by atoms with Gasteiger partial charge in [0.05, 0.1) is 11.5 Å². The quantitative estimate of drug-likeness (QED) is 0.446. The molecule has 1 aliphatic rings. The van der Waals surface area contributed by atoms with Crippen LogP contribution in [0.1, 0.15) is 37.5 Å². The van der Waals surface area contributed by atoms with Gasteiger partial charge in [0.1, 0.15) is 18.3 Å². The first-order valence-electron chi connectivity index (χ1n) is 10.1. The zero-order valence-electron chi connectivity index (χ0n) is 18.2. The molecule has 0 amide bonds. The van der Waals surface area contributed by atoms with Crippen molar-refractivity contribution < 1.29 is 22.4 Å². The fraction of sp³-hybridized carbons (Fsp3) is 0.360. The Morgan fingerprint density at radius 2 is 1.68 bits per heavy atom. The number of hydrogen-bond donors (Lipinski definition) is 1. The van der Waals surface area contributed by atoms with Crippen LogP contribution in [0.5, 0.6) is 0 Å². The van der Waals surface area contributed by atoms with Crippen LogP contribution in [0, 0.1) is 18.8 Å². The monoisotopic (exact) mass is 440 g/mol. The molecule has 0 saturated heterocycles. The minimum atomic E-state index is -3.94. The second-order valence-electron chi connectivity index (χ2n) is 8.62. The van der Waals surface area contributed by atoms with E-state index in [2.05, 4.69) is 44.7 Å². The van der Waals surface area contributed by atoms with Gasteiger partial charge in [-0.05, 0) is 48.2 Å². The van der Waals surface area contributed by atoms with Gasteiger partial charge in [-0.15, -0.1) is 0 Å². The van der Waals surface area contributed by atoms with E-state index in [0.29, 0.717) is 0 Å². The van der Waals surface area contributed by atoms with Crippen LogP contribution < -0.4 is 0 Å². The topological polar surface area (TPSA) is 72.8 Å². The summed E-state index contributed by atoms with van der Waals surface area (Å²) in [4.78, 5) is 0.0639. The highest BCUT2D eigenvalue weighted by Gasteiger charge is 2.28. The van der Waals surface area contributed by atoms with E-state index in [4.69, 9.17) is 8.92 Å². The van der Waals surface area contributed by atoms with E-state index in [1.54, 1.807) is 24.3 Å². The van der Waals surface area contributed by atoms with Gasteiger partial charge in [0.2, 0.25) is 0 Å². The Balaban J connectivity index is 1.63. The third kappa shape index (κ3) is 6.28. The molecule has 31 heavy (non-hydrogen) atoms. The predicted octanol–water partition coefficient (Wildman–Crippen LogP) is 3.73. The zero-order valence-corrected chi connectivity index (χ0v) is 19.0. The molecule has 3 atom stereocenters. The highest BCUT2D eigenvalue weighted by Crippen LogP contribution is 2.22. The van der Waals surface area contributed by atoms with Crippen LogP contribution in [0.4, 0.5) is 0 Å². The first-order chi connectivity index (χ1) is 14.5. The van der Waals surface area contributed by atoms with Gasteiger partial charge in [-0.2, -0.15) is 8.42 Å². The fourth-order valence-electron chi connectivity index (χ4n) is 3.01. The molecule has 0 saturated carbocycles. The van der Waals surface area contributed by atoms with Crippen LogP contribution in [0.2, 0.25) is 0 Å². The van der Waals surface area contributed by atoms with Crippen molar-refractivity contribution in [2.24, 2.45) is 0 Å². The van der Waals surface area contributed by atoms with Gasteiger partial charge in [-0.1, -0.05) is 68.5 Å². The molecule has 0 spiro atoms. The molecule has 5 nitrogen and oxygen atoms in total. The maximum atomic E-state index is 12.4. The summed E-state index contributed by atoms with van der Waals surface area (Å²) in [6.07, 6.45) is 0.830. The van der Waals surface area contributed by atoms with Crippen molar-refractivity contribution in [3.8, 4) is 11.8 Å². The maximum absolute atomic E-state index is 12.4. The predicted molar refractivity (Wildman–Crippen MR) is 120 cm³/mol. The molecule has 0 bridgehead atoms. The second kappa shape index (κ2) is 9.37. The molecule has 164 valence electrons. The van der Waals surface area contributed by atoms with E-state index >= 15 is 0 Å². The Morgan fingerprint density at radius 1 is 1.03 bits per heavy atom. The smallest absolute Gasteiger partial charge is 0.297 e. The van der Waals surface area contributed by atoms with Gasteiger partial charge in [-0.25, -0.2) is 0 Å². The van der Waals surface area contributed by atoms with Crippen LogP contribution in [0.25, 0.3) is 0 Å². The Labute approximate surface area is 184 Å². The lowest BCUT2D eigenvalue weighted by Crippen LogP contribution is -2.38. The summed E-state index contributed by atoms with van der Waals surface area (Å²) in [7, 11) is -3.94. The van der Waals surface area contributed by atoms with Crippen molar-refractivity contribution in [2.75, 3.05) is 6.61 Å². The molecule has 0 aliphatic carbocycles. The van der Waals surface area contributed by atoms with E-state index < -0.39 is 28.4 Å². The highest BCUT2D eigenvalue weighted by molar-refractivity contribution is 7.86. The fourth-order valence-corrected chi connectivity index (χ4v) is 3.93. The van der Waals surface area contributed by atoms with Gasteiger partial charge in [0, 0.05) is 5.56 Å². The van der Waals surface area contributed by atoms with Crippen LogP contribution in [-0.2, 0) is 24.5 Å². The summed E-state index contributed by atoms with van der Waals surface area (Å²) in [5.74, 6) is 6.07. The molecule has 2 aromatic carbocycles. The van der Waals surface area contributed by atoms with Crippen LogP contribution in [-0.4, -0.2) is 38.4 Å². The van der Waals surface area contributed by atoms with Crippen molar-refractivity contribution in [3.63, 3.8) is 0 Å². The Bertz CT molecular complexity index is 1080. The molecule has 0 fully saturated rings. The van der Waals surface area contributed by atoms with Gasteiger partial charge in [-0.3, -0.25) is 4.18 Å². The lowest BCUT2D eigenvalue weighted by molar-refractivity contribution is -0.0570. The molecule has 2 aromatic rings. The van der Waals surface area contributed by atoms with E-state index in [-0.39, 0.29) is 16.9 Å². The molecule has 0 unspecified atom stereocenters. The first-order valence-corrected chi connectivity index (χ1v) is 11.6. The number of rotatable bonds is 4. The first kappa shape index (κ1) is 23.2. The van der Waals surface area contributed by atoms with Crippen LogP contribution in [0.3, 0.4) is 0 Å². The Hall–Kier alpha value is -2.43. The number of hydrogen-bond acceptors (Lipinski definition) is 5. The SMILES string of the molecule is Cc1ccc(S(=O)(=O)OC[C@H]2O[C@H](C#Cc3ccc(C(C)(C)C)cc3)C=C[C@H]2O)cc1. The van der Waals surface area contributed by atoms with Gasteiger partial charge in [0.25, 0.3) is 10.1 Å². The molecule has 6 heteroatoms. The zero-order chi connectivity index (χ0) is 22.6. The van der Waals surface area contributed by atoms with Crippen molar-refractivity contribution in [3.05, 3.63) is 77.4 Å². The molecule has 1 aliphatic heterocycles. The average Bonchev–Trinajstić information content (AvgIpc) is 2.72. The largest absolute Gasteiger partial charge is 0.386 e. The van der Waals surface area contributed by atoms with E-state index in [9.17, 15) is 13.5 Å². The molecule has 3 rings (SSSR count). The van der Waals surface area contributed by atoms with Gasteiger partial charge >= 0.3 is 0 Å². The third-order valence-electron chi connectivity index (χ3n) is 4.99. The Morgan fingerprint density at radius 3 is 2.29 bits per heavy atom. The highest BCUT2D eigenvalue weighted by atomic mass is 32.2. The van der Waals surface area contributed by atoms with Crippen molar-refractivity contribution in [1.82, 2.24) is 0 Å². The standard InChI is InChI=1S/C25H28O5S/c1-18-5-14-22(15-6-18)31(27,28)29-17-24-23(26)16-13-21(30-24)12-9-19-7-10-20(11-8-19)25(2,3)4/h5-8,10-11,13-16,21,23-24,26H,17H2,1-4H3/t21-,23-,24-/m1/s1. The van der Waals surface area contributed by atoms with Gasteiger partial charge in [0.15, 0.2) is 0 Å². The summed E-state index contributed by atoms with van der Waals surface area (Å²) in [6.45, 7) is 8.03. The van der Waals surface area contributed by atoms with Crippen molar-refractivity contribution in [1.29, 1.82) is 0 Å². The molecule has 0 aromatic heterocycles. The molecule has 0 radical (unpaired) electrons. The molecular formula is C25H28O5S. The molecule has 1 N–H and O–H groups in total. The molecule has 1 heterocycles. The summed E-state index contributed by atoms with van der Waals surface area (Å²) in [6, 6.07) is 14.4. The number of benzene rings is 2. The lowest BCUT2D eigenvalue weighted by atomic mass is 9.87. The minimum absolute atomic E-state index is 0.0639. The average molecular weight is 441 g/mol. The number of aliphatic hydroxyl groups is 1. The van der Waals surface area contributed by atoms with E-state index in [1.165, 1.54) is 17.7 Å². The van der Waals surface area contributed by atoms with Gasteiger partial charge < -0.3 is 9.84 Å². The second-order valence-corrected chi connectivity index (χ2v) is 10.2. The summed E-state index contributed by atoms with van der Waals surface area (Å²) in [5, 5.41) is 10.1. The van der Waals surface area contributed by atoms with Crippen molar-refractivity contribution >= 4 is 10.1 Å². The summed E-state index contributed by atoms with van der Waals surface area (Å²) < 4.78 is 35.6. The number of aliphatic hydroxyl groups excluding tert-OH is 1. The third-order valence-corrected chi connectivity index (χ3v) is 6.29. The Kier molecular flexibility index (Phi) is 7.03. The maximum Gasteiger partial charge on any atom is 0.297 e. The number of ether oxygens (including phenoxy) is 1. The van der Waals surface area contributed by atoms with E-state index in [1.807, 2.05) is 19.1 Å². The minimum Gasteiger partial charge on any atom is -0.386 e. The van der Waals surface area contributed by atoms with E-state index in [0.717, 1.165) is 11.1 Å². The van der Waals surface area contributed by atoms with Crippen LogP contribution in [0.15, 0.2) is 65.6 Å². The van der Waals surface area contributed by atoms with Crippen LogP contribution >= 0.6 is 0 Å². The molecular weight excluding hydrogens is 412 g/mol.